The van der Waals surface area contributed by atoms with Crippen molar-refractivity contribution in [1.82, 2.24) is 0 Å². The van der Waals surface area contributed by atoms with Crippen LogP contribution < -0.4 is 4.74 Å². The molecule has 0 aliphatic rings. The lowest BCUT2D eigenvalue weighted by atomic mass is 10.0. The number of nitrogens with zero attached hydrogens (tertiary/aromatic N) is 2. The first-order chi connectivity index (χ1) is 13.0. The molecule has 0 spiro atoms. The van der Waals surface area contributed by atoms with Gasteiger partial charge in [-0.05, 0) is 49.2 Å². The van der Waals surface area contributed by atoms with E-state index in [1.807, 2.05) is 0 Å². The van der Waals surface area contributed by atoms with E-state index in [4.69, 9.17) is 4.74 Å². The first-order valence-electron chi connectivity index (χ1n) is 8.71. The predicted octanol–water partition coefficient (Wildman–Crippen LogP) is 4.54. The molecule has 2 aromatic carbocycles. The minimum atomic E-state index is -0.472. The molecule has 0 aliphatic heterocycles. The van der Waals surface area contributed by atoms with Crippen LogP contribution in [0.2, 0.25) is 0 Å². The second-order valence-electron chi connectivity index (χ2n) is 6.00. The summed E-state index contributed by atoms with van der Waals surface area (Å²) in [5.74, 6) is 0.521. The number of nitro benzene ring substituents is 1. The maximum Gasteiger partial charge on any atom is 0.269 e. The lowest BCUT2D eigenvalue weighted by molar-refractivity contribution is -0.384. The van der Waals surface area contributed by atoms with Crippen LogP contribution in [0.3, 0.4) is 0 Å². The number of phenolic OH excluding ortho intramolecular Hbond substituents is 1. The Morgan fingerprint density at radius 3 is 2.41 bits per heavy atom. The largest absolute Gasteiger partial charge is 0.508 e. The highest BCUT2D eigenvalue weighted by molar-refractivity contribution is 6.09. The Kier molecular flexibility index (Phi) is 7.49. The van der Waals surface area contributed by atoms with Gasteiger partial charge in [0.1, 0.15) is 11.5 Å². The number of non-ortho nitro benzene ring substituents is 1. The number of unbranched alkanes of at least 4 members (excludes halogenated alkanes) is 1. The van der Waals surface area contributed by atoms with Gasteiger partial charge in [-0.25, -0.2) is 0 Å². The molecular formula is C20H22N2O5. The molecule has 0 aromatic heterocycles. The lowest BCUT2D eigenvalue weighted by Gasteiger charge is -2.08. The molecule has 2 aromatic rings. The van der Waals surface area contributed by atoms with Gasteiger partial charge in [-0.15, -0.1) is 0 Å². The Bertz CT molecular complexity index is 798. The molecule has 0 atom stereocenters. The molecule has 0 amide bonds. The number of carbonyl (C=O) groups is 1. The zero-order valence-electron chi connectivity index (χ0n) is 15.1. The van der Waals surface area contributed by atoms with Crippen molar-refractivity contribution < 1.29 is 19.6 Å². The molecule has 0 fully saturated rings. The second-order valence-corrected chi connectivity index (χ2v) is 6.00. The monoisotopic (exact) mass is 370 g/mol. The van der Waals surface area contributed by atoms with Gasteiger partial charge in [0.05, 0.1) is 4.92 Å². The van der Waals surface area contributed by atoms with Crippen LogP contribution in [-0.4, -0.2) is 28.3 Å². The van der Waals surface area contributed by atoms with Crippen molar-refractivity contribution in [2.45, 2.75) is 32.6 Å². The van der Waals surface area contributed by atoms with E-state index in [1.54, 1.807) is 12.1 Å². The number of hydrogen-bond donors (Lipinski definition) is 1. The lowest BCUT2D eigenvalue weighted by Crippen LogP contribution is -2.10. The summed E-state index contributed by atoms with van der Waals surface area (Å²) in [6.07, 6.45) is 2.78. The number of nitro groups is 1. The van der Waals surface area contributed by atoms with Crippen LogP contribution in [0.25, 0.3) is 0 Å². The van der Waals surface area contributed by atoms with Crippen LogP contribution in [0.4, 0.5) is 5.69 Å². The molecule has 7 nitrogen and oxygen atoms in total. The molecule has 0 aliphatic carbocycles. The Hall–Kier alpha value is -3.22. The van der Waals surface area contributed by atoms with Crippen LogP contribution in [-0.2, 0) is 0 Å². The van der Waals surface area contributed by atoms with Crippen LogP contribution in [0.15, 0.2) is 53.5 Å². The van der Waals surface area contributed by atoms with E-state index in [9.17, 15) is 20.0 Å². The molecular weight excluding hydrogens is 348 g/mol. The summed E-state index contributed by atoms with van der Waals surface area (Å²) >= 11 is 0. The molecule has 0 heterocycles. The number of carbonyl (C=O) groups excluding carboxylic acids is 1. The molecule has 0 bridgehead atoms. The Morgan fingerprint density at radius 2 is 1.81 bits per heavy atom. The van der Waals surface area contributed by atoms with Crippen molar-refractivity contribution in [3.05, 3.63) is 64.2 Å². The minimum absolute atomic E-state index is 0.00557. The average Bonchev–Trinajstić information content (AvgIpc) is 2.66. The van der Waals surface area contributed by atoms with Crippen LogP contribution >= 0.6 is 0 Å². The fourth-order valence-electron chi connectivity index (χ4n) is 2.40. The minimum Gasteiger partial charge on any atom is -0.508 e. The zero-order chi connectivity index (χ0) is 19.6. The van der Waals surface area contributed by atoms with Crippen molar-refractivity contribution in [2.24, 2.45) is 4.99 Å². The molecule has 0 radical (unpaired) electrons. The summed E-state index contributed by atoms with van der Waals surface area (Å²) in [6.45, 7) is 2.10. The number of Topliss-reactive ketones (excluding diaryl/α,β-unsaturated/α-hetero) is 1. The third-order valence-electron chi connectivity index (χ3n) is 3.94. The molecule has 7 heteroatoms. The number of benzene rings is 2. The summed E-state index contributed by atoms with van der Waals surface area (Å²) in [4.78, 5) is 27.0. The maximum atomic E-state index is 12.4. The molecule has 2 rings (SSSR count). The predicted molar refractivity (Wildman–Crippen MR) is 103 cm³/mol. The number of aromatic hydroxyl groups is 1. The number of hydrogen-bond acceptors (Lipinski definition) is 6. The average molecular weight is 370 g/mol. The Morgan fingerprint density at radius 1 is 1.15 bits per heavy atom. The summed E-state index contributed by atoms with van der Waals surface area (Å²) in [6, 6.07) is 11.9. The number of aliphatic imine (C=N–C) groups is 1. The van der Waals surface area contributed by atoms with Gasteiger partial charge in [0.15, 0.2) is 12.5 Å². The Labute approximate surface area is 157 Å². The van der Waals surface area contributed by atoms with E-state index in [0.29, 0.717) is 17.7 Å². The quantitative estimate of drug-likeness (QED) is 0.286. The molecule has 27 heavy (non-hydrogen) atoms. The van der Waals surface area contributed by atoms with Gasteiger partial charge in [-0.2, -0.15) is 0 Å². The fraction of sp³-hybridized carbons (Fsp3) is 0.300. The summed E-state index contributed by atoms with van der Waals surface area (Å²) in [7, 11) is 0. The van der Waals surface area contributed by atoms with Crippen molar-refractivity contribution in [2.75, 3.05) is 6.73 Å². The summed E-state index contributed by atoms with van der Waals surface area (Å²) in [5, 5.41) is 20.0. The van der Waals surface area contributed by atoms with Gasteiger partial charge in [-0.1, -0.05) is 13.3 Å². The fourth-order valence-corrected chi connectivity index (χ4v) is 2.40. The normalized spacial score (nSPS) is 11.2. The van der Waals surface area contributed by atoms with Gasteiger partial charge >= 0.3 is 0 Å². The van der Waals surface area contributed by atoms with Crippen molar-refractivity contribution in [3.8, 4) is 11.5 Å². The standard InChI is InChI=1S/C20H22N2O5/c1-2-3-4-16(13-20(24)15-5-9-18(23)10-6-15)21-14-27-19-11-7-17(8-12-19)22(25)26/h5-12,23H,2-4,13-14H2,1H3/b21-16-. The van der Waals surface area contributed by atoms with Gasteiger partial charge in [0.25, 0.3) is 5.69 Å². The van der Waals surface area contributed by atoms with Crippen molar-refractivity contribution in [1.29, 1.82) is 0 Å². The number of rotatable bonds is 10. The van der Waals surface area contributed by atoms with E-state index in [1.165, 1.54) is 36.4 Å². The topological polar surface area (TPSA) is 102 Å². The number of ketones is 1. The number of phenols is 1. The van der Waals surface area contributed by atoms with Crippen molar-refractivity contribution >= 4 is 17.2 Å². The first-order valence-corrected chi connectivity index (χ1v) is 8.71. The molecule has 142 valence electrons. The third kappa shape index (κ3) is 6.54. The van der Waals surface area contributed by atoms with Gasteiger partial charge < -0.3 is 9.84 Å². The van der Waals surface area contributed by atoms with E-state index in [0.717, 1.165) is 18.6 Å². The van der Waals surface area contributed by atoms with Crippen LogP contribution in [0.1, 0.15) is 43.0 Å². The molecule has 0 unspecified atom stereocenters. The highest BCUT2D eigenvalue weighted by Gasteiger charge is 2.11. The maximum absolute atomic E-state index is 12.4. The second kappa shape index (κ2) is 10.1. The highest BCUT2D eigenvalue weighted by atomic mass is 16.6. The van der Waals surface area contributed by atoms with Crippen molar-refractivity contribution in [3.63, 3.8) is 0 Å². The summed E-state index contributed by atoms with van der Waals surface area (Å²) < 4.78 is 5.50. The highest BCUT2D eigenvalue weighted by Crippen LogP contribution is 2.17. The zero-order valence-corrected chi connectivity index (χ0v) is 15.1. The molecule has 0 saturated carbocycles. The molecule has 1 N–H and O–H groups in total. The van der Waals surface area contributed by atoms with Crippen LogP contribution in [0, 0.1) is 10.1 Å². The molecule has 0 saturated heterocycles. The van der Waals surface area contributed by atoms with E-state index in [2.05, 4.69) is 11.9 Å². The van der Waals surface area contributed by atoms with Crippen LogP contribution in [0.5, 0.6) is 11.5 Å². The first kappa shape index (κ1) is 20.1. The summed E-state index contributed by atoms with van der Waals surface area (Å²) in [5.41, 5.74) is 1.26. The Balaban J connectivity index is 1.98. The van der Waals surface area contributed by atoms with Gasteiger partial charge in [-0.3, -0.25) is 19.9 Å². The third-order valence-corrected chi connectivity index (χ3v) is 3.94. The number of ether oxygens (including phenoxy) is 1. The van der Waals surface area contributed by atoms with E-state index >= 15 is 0 Å². The smallest absolute Gasteiger partial charge is 0.269 e. The SMILES string of the molecule is CCCC/C(CC(=O)c1ccc(O)cc1)=N/COc1ccc([N+](=O)[O-])cc1. The van der Waals surface area contributed by atoms with E-state index in [-0.39, 0.29) is 30.4 Å². The van der Waals surface area contributed by atoms with E-state index < -0.39 is 4.92 Å². The van der Waals surface area contributed by atoms with Gasteiger partial charge in [0.2, 0.25) is 0 Å². The van der Waals surface area contributed by atoms with Gasteiger partial charge in [0, 0.05) is 29.8 Å².